The Hall–Kier alpha value is -1.33. The lowest BCUT2D eigenvalue weighted by molar-refractivity contribution is -0.127. The maximum absolute atomic E-state index is 12.3. The molecule has 1 saturated carbocycles. The molecule has 21 heavy (non-hydrogen) atoms. The van der Waals surface area contributed by atoms with Crippen LogP contribution in [0.1, 0.15) is 45.3 Å². The minimum atomic E-state index is -0.121. The Labute approximate surface area is 126 Å². The summed E-state index contributed by atoms with van der Waals surface area (Å²) in [5, 5.41) is 2.95. The van der Waals surface area contributed by atoms with Gasteiger partial charge in [-0.1, -0.05) is 6.92 Å². The summed E-state index contributed by atoms with van der Waals surface area (Å²) in [4.78, 5) is 14.6. The van der Waals surface area contributed by atoms with Gasteiger partial charge in [-0.15, -0.1) is 0 Å². The van der Waals surface area contributed by atoms with Crippen molar-refractivity contribution in [2.75, 3.05) is 6.54 Å². The number of furan rings is 1. The number of nitrogens with two attached hydrogens (primary N) is 1. The predicted octanol–water partition coefficient (Wildman–Crippen LogP) is 1.88. The van der Waals surface area contributed by atoms with Gasteiger partial charge in [-0.05, 0) is 51.3 Å². The molecule has 118 valence electrons. The van der Waals surface area contributed by atoms with Crippen LogP contribution in [0.5, 0.6) is 0 Å². The summed E-state index contributed by atoms with van der Waals surface area (Å²) in [5.41, 5.74) is 5.97. The van der Waals surface area contributed by atoms with Crippen LogP contribution in [0.15, 0.2) is 22.8 Å². The van der Waals surface area contributed by atoms with Gasteiger partial charge in [0.2, 0.25) is 5.91 Å². The standard InChI is InChI=1S/C16H27N3O2/c1-3-19(14-8-6-13(17)7-9-14)12(2)16(20)18-11-15-5-4-10-21-15/h4-5,10,12-14H,3,6-9,11,17H2,1-2H3,(H,18,20). The second kappa shape index (κ2) is 7.61. The van der Waals surface area contributed by atoms with Gasteiger partial charge in [0.05, 0.1) is 18.8 Å². The maximum Gasteiger partial charge on any atom is 0.237 e. The average Bonchev–Trinajstić information content (AvgIpc) is 3.00. The van der Waals surface area contributed by atoms with E-state index in [0.717, 1.165) is 38.0 Å². The van der Waals surface area contributed by atoms with Gasteiger partial charge < -0.3 is 15.5 Å². The van der Waals surface area contributed by atoms with E-state index in [2.05, 4.69) is 17.1 Å². The van der Waals surface area contributed by atoms with Gasteiger partial charge in [0.15, 0.2) is 0 Å². The highest BCUT2D eigenvalue weighted by atomic mass is 16.3. The van der Waals surface area contributed by atoms with Crippen molar-refractivity contribution >= 4 is 5.91 Å². The fourth-order valence-corrected chi connectivity index (χ4v) is 3.17. The third kappa shape index (κ3) is 4.32. The molecule has 1 aromatic rings. The van der Waals surface area contributed by atoms with E-state index in [9.17, 15) is 4.79 Å². The summed E-state index contributed by atoms with van der Waals surface area (Å²) in [6.07, 6.45) is 5.91. The molecule has 1 unspecified atom stereocenters. The highest BCUT2D eigenvalue weighted by Gasteiger charge is 2.29. The summed E-state index contributed by atoms with van der Waals surface area (Å²) < 4.78 is 5.24. The molecule has 0 aliphatic heterocycles. The number of hydrogen-bond acceptors (Lipinski definition) is 4. The average molecular weight is 293 g/mol. The third-order valence-corrected chi connectivity index (χ3v) is 4.47. The quantitative estimate of drug-likeness (QED) is 0.840. The molecule has 0 aromatic carbocycles. The fraction of sp³-hybridized carbons (Fsp3) is 0.688. The molecule has 0 spiro atoms. The summed E-state index contributed by atoms with van der Waals surface area (Å²) in [6.45, 7) is 5.43. The molecule has 5 nitrogen and oxygen atoms in total. The van der Waals surface area contributed by atoms with E-state index in [4.69, 9.17) is 10.2 Å². The SMILES string of the molecule is CCN(C1CCC(N)CC1)C(C)C(=O)NCc1ccco1. The number of likely N-dealkylation sites (N-methyl/N-ethyl adjacent to an activating group) is 1. The molecule has 0 radical (unpaired) electrons. The van der Waals surface area contributed by atoms with E-state index in [1.165, 1.54) is 0 Å². The Morgan fingerprint density at radius 2 is 2.19 bits per heavy atom. The van der Waals surface area contributed by atoms with Crippen LogP contribution in [0.4, 0.5) is 0 Å². The first-order valence-corrected chi connectivity index (χ1v) is 7.93. The Morgan fingerprint density at radius 3 is 2.76 bits per heavy atom. The van der Waals surface area contributed by atoms with Crippen LogP contribution in [-0.4, -0.2) is 35.5 Å². The van der Waals surface area contributed by atoms with Crippen LogP contribution in [0.2, 0.25) is 0 Å². The molecule has 2 rings (SSSR count). The largest absolute Gasteiger partial charge is 0.467 e. The molecule has 0 saturated heterocycles. The van der Waals surface area contributed by atoms with E-state index in [0.29, 0.717) is 18.6 Å². The molecule has 1 aromatic heterocycles. The van der Waals surface area contributed by atoms with Crippen LogP contribution in [0.25, 0.3) is 0 Å². The number of rotatable bonds is 6. The van der Waals surface area contributed by atoms with Gasteiger partial charge >= 0.3 is 0 Å². The molecule has 3 N–H and O–H groups in total. The Balaban J connectivity index is 1.86. The predicted molar refractivity (Wildman–Crippen MR) is 82.6 cm³/mol. The van der Waals surface area contributed by atoms with Crippen molar-refractivity contribution in [2.24, 2.45) is 5.73 Å². The fourth-order valence-electron chi connectivity index (χ4n) is 3.17. The number of amides is 1. The van der Waals surface area contributed by atoms with Gasteiger partial charge in [-0.2, -0.15) is 0 Å². The number of hydrogen-bond donors (Lipinski definition) is 2. The smallest absolute Gasteiger partial charge is 0.237 e. The van der Waals surface area contributed by atoms with Crippen molar-refractivity contribution in [2.45, 2.75) is 64.2 Å². The summed E-state index contributed by atoms with van der Waals surface area (Å²) in [5.74, 6) is 0.838. The summed E-state index contributed by atoms with van der Waals surface area (Å²) >= 11 is 0. The van der Waals surface area contributed by atoms with Gasteiger partial charge in [0.1, 0.15) is 5.76 Å². The van der Waals surface area contributed by atoms with Crippen LogP contribution in [-0.2, 0) is 11.3 Å². The third-order valence-electron chi connectivity index (χ3n) is 4.47. The van der Waals surface area contributed by atoms with E-state index >= 15 is 0 Å². The van der Waals surface area contributed by atoms with Crippen LogP contribution in [0, 0.1) is 0 Å². The van der Waals surface area contributed by atoms with Crippen molar-refractivity contribution in [3.8, 4) is 0 Å². The van der Waals surface area contributed by atoms with Crippen LogP contribution < -0.4 is 11.1 Å². The first kappa shape index (κ1) is 16.0. The van der Waals surface area contributed by atoms with Crippen molar-refractivity contribution in [3.63, 3.8) is 0 Å². The lowest BCUT2D eigenvalue weighted by atomic mass is 9.90. The van der Waals surface area contributed by atoms with E-state index in [1.54, 1.807) is 6.26 Å². The molecule has 0 bridgehead atoms. The van der Waals surface area contributed by atoms with E-state index in [-0.39, 0.29) is 11.9 Å². The molecule has 1 heterocycles. The zero-order valence-corrected chi connectivity index (χ0v) is 13.0. The minimum absolute atomic E-state index is 0.0584. The van der Waals surface area contributed by atoms with E-state index in [1.807, 2.05) is 19.1 Å². The van der Waals surface area contributed by atoms with Crippen molar-refractivity contribution in [1.82, 2.24) is 10.2 Å². The van der Waals surface area contributed by atoms with Gasteiger partial charge in [0, 0.05) is 12.1 Å². The van der Waals surface area contributed by atoms with Crippen molar-refractivity contribution < 1.29 is 9.21 Å². The second-order valence-corrected chi connectivity index (χ2v) is 5.87. The zero-order chi connectivity index (χ0) is 15.2. The highest BCUT2D eigenvalue weighted by molar-refractivity contribution is 5.81. The van der Waals surface area contributed by atoms with E-state index < -0.39 is 0 Å². The van der Waals surface area contributed by atoms with Crippen molar-refractivity contribution in [3.05, 3.63) is 24.2 Å². The van der Waals surface area contributed by atoms with Crippen LogP contribution >= 0.6 is 0 Å². The van der Waals surface area contributed by atoms with Gasteiger partial charge in [-0.3, -0.25) is 9.69 Å². The minimum Gasteiger partial charge on any atom is -0.467 e. The monoisotopic (exact) mass is 293 g/mol. The summed E-state index contributed by atoms with van der Waals surface area (Å²) in [7, 11) is 0. The lowest BCUT2D eigenvalue weighted by Crippen LogP contribution is -2.51. The molecule has 5 heteroatoms. The Bertz CT molecular complexity index is 425. The Kier molecular flexibility index (Phi) is 5.82. The number of carbonyl (C=O) groups excluding carboxylic acids is 1. The molecular formula is C16H27N3O2. The molecule has 1 amide bonds. The lowest BCUT2D eigenvalue weighted by Gasteiger charge is -2.38. The van der Waals surface area contributed by atoms with Gasteiger partial charge in [0.25, 0.3) is 0 Å². The zero-order valence-electron chi connectivity index (χ0n) is 13.0. The first-order chi connectivity index (χ1) is 10.1. The van der Waals surface area contributed by atoms with Crippen molar-refractivity contribution in [1.29, 1.82) is 0 Å². The number of carbonyl (C=O) groups is 1. The molecule has 1 atom stereocenters. The number of nitrogens with one attached hydrogen (secondary N) is 1. The molecular weight excluding hydrogens is 266 g/mol. The normalized spacial score (nSPS) is 24.0. The Morgan fingerprint density at radius 1 is 1.48 bits per heavy atom. The maximum atomic E-state index is 12.3. The number of nitrogens with zero attached hydrogens (tertiary/aromatic N) is 1. The molecule has 1 aliphatic carbocycles. The highest BCUT2D eigenvalue weighted by Crippen LogP contribution is 2.23. The topological polar surface area (TPSA) is 71.5 Å². The summed E-state index contributed by atoms with van der Waals surface area (Å²) in [6, 6.07) is 4.38. The molecule has 1 aliphatic rings. The second-order valence-electron chi connectivity index (χ2n) is 5.87. The first-order valence-electron chi connectivity index (χ1n) is 7.93. The molecule has 1 fully saturated rings. The van der Waals surface area contributed by atoms with Gasteiger partial charge in [-0.25, -0.2) is 0 Å². The van der Waals surface area contributed by atoms with Crippen LogP contribution in [0.3, 0.4) is 0 Å².